The molecule has 4 rings (SSSR count). The van der Waals surface area contributed by atoms with Crippen LogP contribution in [0.5, 0.6) is 5.75 Å². The van der Waals surface area contributed by atoms with Gasteiger partial charge in [-0.1, -0.05) is 29.4 Å². The summed E-state index contributed by atoms with van der Waals surface area (Å²) in [5.74, 6) is 0.639. The van der Waals surface area contributed by atoms with E-state index >= 15 is 0 Å². The molecule has 1 fully saturated rings. The molecule has 2 unspecified atom stereocenters. The molecule has 2 atom stereocenters. The van der Waals surface area contributed by atoms with Crippen LogP contribution in [0.3, 0.4) is 0 Å². The van der Waals surface area contributed by atoms with Gasteiger partial charge < -0.3 is 14.5 Å². The van der Waals surface area contributed by atoms with Crippen LogP contribution in [0.2, 0.25) is 0 Å². The summed E-state index contributed by atoms with van der Waals surface area (Å²) in [6.45, 7) is 1.41. The van der Waals surface area contributed by atoms with E-state index in [0.29, 0.717) is 18.8 Å². The van der Waals surface area contributed by atoms with Crippen LogP contribution in [-0.2, 0) is 16.6 Å². The molecule has 1 aliphatic carbocycles. The predicted octanol–water partition coefficient (Wildman–Crippen LogP) is 4.69. The molecule has 2 aromatic carbocycles. The monoisotopic (exact) mass is 404 g/mol. The van der Waals surface area contributed by atoms with Gasteiger partial charge in [-0.05, 0) is 50.3 Å². The van der Waals surface area contributed by atoms with Crippen molar-refractivity contribution in [1.82, 2.24) is 4.90 Å². The van der Waals surface area contributed by atoms with E-state index < -0.39 is 17.3 Å². The number of oxime groups is 1. The zero-order chi connectivity index (χ0) is 20.6. The fraction of sp³-hybridized carbons (Fsp3) is 0.409. The highest BCUT2D eigenvalue weighted by Gasteiger charge is 2.64. The summed E-state index contributed by atoms with van der Waals surface area (Å²) in [7, 11) is 4.01. The number of nitrogens with zero attached hydrogens (tertiary/aromatic N) is 2. The van der Waals surface area contributed by atoms with Crippen molar-refractivity contribution in [1.29, 1.82) is 0 Å². The van der Waals surface area contributed by atoms with Crippen molar-refractivity contribution in [2.24, 2.45) is 11.1 Å². The van der Waals surface area contributed by atoms with Crippen LogP contribution in [0.1, 0.15) is 29.5 Å². The SMILES string of the molecule is CN(C)CCCON=C1c2ccccc2OC2(c3ccc(C(F)(F)F)cc3)CC12. The van der Waals surface area contributed by atoms with Crippen LogP contribution in [0, 0.1) is 5.92 Å². The Labute approximate surface area is 167 Å². The molecule has 0 saturated heterocycles. The van der Waals surface area contributed by atoms with Crippen LogP contribution in [0.25, 0.3) is 0 Å². The van der Waals surface area contributed by atoms with E-state index in [2.05, 4.69) is 10.1 Å². The second-order valence-electron chi connectivity index (χ2n) is 7.79. The van der Waals surface area contributed by atoms with Crippen molar-refractivity contribution < 1.29 is 22.7 Å². The van der Waals surface area contributed by atoms with Crippen LogP contribution in [0.4, 0.5) is 13.2 Å². The summed E-state index contributed by atoms with van der Waals surface area (Å²) in [6.07, 6.45) is -2.84. The molecule has 7 heteroatoms. The Kier molecular flexibility index (Phi) is 5.02. The van der Waals surface area contributed by atoms with Crippen LogP contribution in [-0.4, -0.2) is 37.9 Å². The minimum Gasteiger partial charge on any atom is -0.481 e. The average Bonchev–Trinajstić information content (AvgIpc) is 3.41. The van der Waals surface area contributed by atoms with Crippen molar-refractivity contribution in [2.45, 2.75) is 24.6 Å². The minimum atomic E-state index is -4.35. The molecule has 0 amide bonds. The second-order valence-corrected chi connectivity index (χ2v) is 7.79. The van der Waals surface area contributed by atoms with Crippen molar-refractivity contribution >= 4 is 5.71 Å². The van der Waals surface area contributed by atoms with Crippen LogP contribution in [0.15, 0.2) is 53.7 Å². The lowest BCUT2D eigenvalue weighted by molar-refractivity contribution is -0.137. The lowest BCUT2D eigenvalue weighted by Gasteiger charge is -2.27. The second kappa shape index (κ2) is 7.37. The lowest BCUT2D eigenvalue weighted by atomic mass is 9.95. The van der Waals surface area contributed by atoms with Crippen molar-refractivity contribution in [3.63, 3.8) is 0 Å². The molecule has 2 aromatic rings. The molecule has 29 heavy (non-hydrogen) atoms. The minimum absolute atomic E-state index is 0.0389. The van der Waals surface area contributed by atoms with Gasteiger partial charge in [-0.2, -0.15) is 13.2 Å². The highest BCUT2D eigenvalue weighted by molar-refractivity contribution is 6.08. The van der Waals surface area contributed by atoms with Gasteiger partial charge in [0.05, 0.1) is 17.2 Å². The first-order chi connectivity index (χ1) is 13.8. The third-order valence-electron chi connectivity index (χ3n) is 5.40. The number of ether oxygens (including phenoxy) is 1. The van der Waals surface area contributed by atoms with E-state index in [-0.39, 0.29) is 5.92 Å². The molecular weight excluding hydrogens is 381 g/mol. The molecule has 1 heterocycles. The Hall–Kier alpha value is -2.54. The maximum Gasteiger partial charge on any atom is 0.416 e. The number of fused-ring (bicyclic) bond motifs is 2. The third kappa shape index (κ3) is 3.83. The summed E-state index contributed by atoms with van der Waals surface area (Å²) in [5.41, 5.74) is 1.07. The maximum absolute atomic E-state index is 12.9. The average molecular weight is 404 g/mol. The molecule has 2 aliphatic rings. The Morgan fingerprint density at radius 1 is 1.14 bits per heavy atom. The Morgan fingerprint density at radius 3 is 2.55 bits per heavy atom. The van der Waals surface area contributed by atoms with Gasteiger partial charge in [-0.25, -0.2) is 0 Å². The van der Waals surface area contributed by atoms with Gasteiger partial charge in [0.25, 0.3) is 0 Å². The molecule has 1 aliphatic heterocycles. The predicted molar refractivity (Wildman–Crippen MR) is 104 cm³/mol. The summed E-state index contributed by atoms with van der Waals surface area (Å²) < 4.78 is 45.0. The highest BCUT2D eigenvalue weighted by atomic mass is 19.4. The topological polar surface area (TPSA) is 34.1 Å². The van der Waals surface area contributed by atoms with E-state index in [1.54, 1.807) is 0 Å². The molecule has 0 radical (unpaired) electrons. The normalized spacial score (nSPS) is 24.1. The first-order valence-electron chi connectivity index (χ1n) is 9.62. The molecule has 4 nitrogen and oxygen atoms in total. The molecule has 0 spiro atoms. The van der Waals surface area contributed by atoms with Gasteiger partial charge in [-0.15, -0.1) is 0 Å². The van der Waals surface area contributed by atoms with Crippen molar-refractivity contribution in [3.05, 3.63) is 65.2 Å². The van der Waals surface area contributed by atoms with Gasteiger partial charge >= 0.3 is 6.18 Å². The van der Waals surface area contributed by atoms with Gasteiger partial charge in [0.15, 0.2) is 0 Å². The van der Waals surface area contributed by atoms with Crippen molar-refractivity contribution in [2.75, 3.05) is 27.2 Å². The van der Waals surface area contributed by atoms with Gasteiger partial charge in [-0.3, -0.25) is 0 Å². The summed E-state index contributed by atoms with van der Waals surface area (Å²) >= 11 is 0. The van der Waals surface area contributed by atoms with Crippen LogP contribution < -0.4 is 4.74 Å². The first kappa shape index (κ1) is 19.8. The van der Waals surface area contributed by atoms with E-state index in [9.17, 15) is 13.2 Å². The van der Waals surface area contributed by atoms with E-state index in [1.165, 1.54) is 12.1 Å². The molecule has 154 valence electrons. The lowest BCUT2D eigenvalue weighted by Crippen LogP contribution is -2.28. The number of hydrogen-bond acceptors (Lipinski definition) is 4. The standard InChI is InChI=1S/C22H23F3N2O2/c1-27(2)12-5-13-28-26-20-17-6-3-4-7-19(17)29-21(14-18(20)21)15-8-10-16(11-9-15)22(23,24)25/h3-4,6-11,18H,5,12-14H2,1-2H3. The molecule has 0 N–H and O–H groups in total. The van der Waals surface area contributed by atoms with Gasteiger partial charge in [0, 0.05) is 18.5 Å². The van der Waals surface area contributed by atoms with Crippen molar-refractivity contribution in [3.8, 4) is 5.75 Å². The van der Waals surface area contributed by atoms with E-state index in [1.807, 2.05) is 38.4 Å². The fourth-order valence-electron chi connectivity index (χ4n) is 3.82. The number of rotatable bonds is 6. The molecule has 1 saturated carbocycles. The number of hydrogen-bond donors (Lipinski definition) is 0. The number of halogens is 3. The number of benzene rings is 2. The maximum atomic E-state index is 12.9. The largest absolute Gasteiger partial charge is 0.481 e. The Balaban J connectivity index is 1.58. The number of alkyl halides is 3. The van der Waals surface area contributed by atoms with Crippen LogP contribution >= 0.6 is 0 Å². The fourth-order valence-corrected chi connectivity index (χ4v) is 3.82. The molecule has 0 bridgehead atoms. The Bertz CT molecular complexity index is 909. The zero-order valence-corrected chi connectivity index (χ0v) is 16.4. The molecule has 0 aromatic heterocycles. The summed E-state index contributed by atoms with van der Waals surface area (Å²) in [4.78, 5) is 7.66. The smallest absolute Gasteiger partial charge is 0.416 e. The van der Waals surface area contributed by atoms with E-state index in [4.69, 9.17) is 9.57 Å². The van der Waals surface area contributed by atoms with Gasteiger partial charge in [0.1, 0.15) is 18.0 Å². The summed E-state index contributed by atoms with van der Waals surface area (Å²) in [6, 6.07) is 12.8. The Morgan fingerprint density at radius 2 is 1.86 bits per heavy atom. The highest BCUT2D eigenvalue weighted by Crippen LogP contribution is 2.60. The van der Waals surface area contributed by atoms with Gasteiger partial charge in [0.2, 0.25) is 0 Å². The first-order valence-corrected chi connectivity index (χ1v) is 9.62. The summed E-state index contributed by atoms with van der Waals surface area (Å²) in [5, 5.41) is 4.41. The molecular formula is C22H23F3N2O2. The quantitative estimate of drug-likeness (QED) is 0.518. The third-order valence-corrected chi connectivity index (χ3v) is 5.40. The number of para-hydroxylation sites is 1. The van der Waals surface area contributed by atoms with E-state index in [0.717, 1.165) is 41.9 Å². The zero-order valence-electron chi connectivity index (χ0n) is 16.4.